The minimum Gasteiger partial charge on any atom is -0.479 e. The van der Waals surface area contributed by atoms with Gasteiger partial charge in [-0.25, -0.2) is 14.3 Å². The van der Waals surface area contributed by atoms with Crippen LogP contribution in [-0.2, 0) is 10.2 Å². The third-order valence-corrected chi connectivity index (χ3v) is 7.17. The van der Waals surface area contributed by atoms with Gasteiger partial charge in [-0.15, -0.1) is 5.10 Å². The van der Waals surface area contributed by atoms with Gasteiger partial charge in [0.05, 0.1) is 11.9 Å². The molecule has 8 nitrogen and oxygen atoms in total. The Hall–Kier alpha value is -3.42. The number of aliphatic carboxylic acids is 1. The summed E-state index contributed by atoms with van der Waals surface area (Å²) in [5.41, 5.74) is 2.86. The van der Waals surface area contributed by atoms with Gasteiger partial charge < -0.3 is 14.9 Å². The van der Waals surface area contributed by atoms with Crippen LogP contribution in [0.25, 0.3) is 5.65 Å². The third-order valence-electron chi connectivity index (χ3n) is 7.17. The lowest BCUT2D eigenvalue weighted by atomic mass is 9.82. The number of carboxylic acids is 1. The number of aromatic nitrogens is 3. The molecular weight excluding hydrogens is 430 g/mol. The molecule has 1 saturated heterocycles. The Labute approximate surface area is 200 Å². The highest BCUT2D eigenvalue weighted by Gasteiger charge is 2.56. The van der Waals surface area contributed by atoms with Gasteiger partial charge in [0.25, 0.3) is 5.91 Å². The Morgan fingerprint density at radius 2 is 1.79 bits per heavy atom. The van der Waals surface area contributed by atoms with Crippen LogP contribution in [0, 0.1) is 6.92 Å². The van der Waals surface area contributed by atoms with Gasteiger partial charge in [0.15, 0.2) is 5.65 Å². The van der Waals surface area contributed by atoms with Crippen LogP contribution in [0.2, 0.25) is 0 Å². The van der Waals surface area contributed by atoms with Crippen molar-refractivity contribution < 1.29 is 14.7 Å². The molecule has 1 N–H and O–H groups in total. The lowest BCUT2D eigenvalue weighted by Crippen LogP contribution is -2.45. The first-order valence-electron chi connectivity index (χ1n) is 11.9. The number of amides is 1. The van der Waals surface area contributed by atoms with Crippen LogP contribution in [0.15, 0.2) is 42.6 Å². The first-order chi connectivity index (χ1) is 16.2. The first kappa shape index (κ1) is 23.7. The number of nitrogens with zero attached hydrogens (tertiary/aromatic N) is 5. The number of benzene rings is 1. The van der Waals surface area contributed by atoms with E-state index in [0.717, 1.165) is 30.8 Å². The summed E-state index contributed by atoms with van der Waals surface area (Å²) in [4.78, 5) is 32.5. The van der Waals surface area contributed by atoms with Crippen molar-refractivity contribution in [3.63, 3.8) is 0 Å². The van der Waals surface area contributed by atoms with Gasteiger partial charge in [-0.05, 0) is 43.4 Å². The Bertz CT molecular complexity index is 1220. The standard InChI is InChI=1S/C24H27N5O3.C2H6/c1-16-13-18(28-12-11-23(2,15-28)17-7-5-4-6-8-17)14-29-20(16)25-19(26-29)21(30)27(3)24(9-10-24)22(31)32;1-2/h4-8,13-14H,9-12,15H2,1-3H3,(H,31,32);1-2H3/t23-;/m0./s1. The van der Waals surface area contributed by atoms with Crippen molar-refractivity contribution in [2.24, 2.45) is 0 Å². The van der Waals surface area contributed by atoms with Crippen molar-refractivity contribution in [2.45, 2.75) is 57.9 Å². The van der Waals surface area contributed by atoms with Crippen molar-refractivity contribution in [3.8, 4) is 0 Å². The number of pyridine rings is 1. The van der Waals surface area contributed by atoms with Crippen LogP contribution >= 0.6 is 0 Å². The minimum absolute atomic E-state index is 0.0239. The molecule has 3 aromatic rings. The zero-order valence-corrected chi connectivity index (χ0v) is 20.6. The molecule has 34 heavy (non-hydrogen) atoms. The number of carbonyl (C=O) groups is 2. The highest BCUT2D eigenvalue weighted by Crippen LogP contribution is 2.41. The second-order valence-corrected chi connectivity index (χ2v) is 9.38. The van der Waals surface area contributed by atoms with E-state index in [9.17, 15) is 14.7 Å². The molecule has 8 heteroatoms. The van der Waals surface area contributed by atoms with Gasteiger partial charge in [-0.3, -0.25) is 4.79 Å². The van der Waals surface area contributed by atoms with Crippen LogP contribution in [0.4, 0.5) is 5.69 Å². The number of rotatable bonds is 5. The van der Waals surface area contributed by atoms with Gasteiger partial charge in [-0.2, -0.15) is 0 Å². The van der Waals surface area contributed by atoms with Crippen molar-refractivity contribution in [3.05, 3.63) is 59.5 Å². The molecule has 1 atom stereocenters. The van der Waals surface area contributed by atoms with Gasteiger partial charge in [-0.1, -0.05) is 51.1 Å². The Balaban J connectivity index is 0.00000133. The molecule has 180 valence electrons. The Morgan fingerprint density at radius 1 is 1.12 bits per heavy atom. The molecule has 2 aromatic heterocycles. The second-order valence-electron chi connectivity index (χ2n) is 9.38. The monoisotopic (exact) mass is 463 g/mol. The number of hydrogen-bond donors (Lipinski definition) is 1. The summed E-state index contributed by atoms with van der Waals surface area (Å²) in [6.45, 7) is 10.1. The molecule has 2 aliphatic rings. The predicted octanol–water partition coefficient (Wildman–Crippen LogP) is 3.92. The lowest BCUT2D eigenvalue weighted by molar-refractivity contribution is -0.143. The number of fused-ring (bicyclic) bond motifs is 1. The summed E-state index contributed by atoms with van der Waals surface area (Å²) in [7, 11) is 1.52. The second kappa shape index (κ2) is 8.74. The summed E-state index contributed by atoms with van der Waals surface area (Å²) in [6.07, 6.45) is 3.87. The van der Waals surface area contributed by atoms with Crippen LogP contribution in [0.5, 0.6) is 0 Å². The Morgan fingerprint density at radius 3 is 2.41 bits per heavy atom. The van der Waals surface area contributed by atoms with Crippen molar-refractivity contribution in [1.82, 2.24) is 19.5 Å². The predicted molar refractivity (Wildman–Crippen MR) is 131 cm³/mol. The number of carboxylic acid groups (broad SMARTS) is 1. The van der Waals surface area contributed by atoms with E-state index in [2.05, 4.69) is 52.2 Å². The van der Waals surface area contributed by atoms with Crippen LogP contribution < -0.4 is 4.90 Å². The topological polar surface area (TPSA) is 91.0 Å². The number of anilines is 1. The fourth-order valence-electron chi connectivity index (χ4n) is 4.81. The molecule has 0 radical (unpaired) electrons. The number of carbonyl (C=O) groups excluding carboxylic acids is 1. The van der Waals surface area contributed by atoms with Crippen molar-refractivity contribution in [2.75, 3.05) is 25.0 Å². The zero-order chi connectivity index (χ0) is 24.7. The van der Waals surface area contributed by atoms with Crippen LogP contribution in [0.1, 0.15) is 61.8 Å². The maximum atomic E-state index is 12.9. The van der Waals surface area contributed by atoms with E-state index in [1.807, 2.05) is 33.0 Å². The molecule has 5 rings (SSSR count). The fraction of sp³-hybridized carbons (Fsp3) is 0.462. The van der Waals surface area contributed by atoms with E-state index in [1.165, 1.54) is 17.5 Å². The van der Waals surface area contributed by atoms with Crippen LogP contribution in [-0.4, -0.2) is 62.2 Å². The van der Waals surface area contributed by atoms with Gasteiger partial charge in [0.1, 0.15) is 5.54 Å². The molecule has 1 amide bonds. The summed E-state index contributed by atoms with van der Waals surface area (Å²) in [6, 6.07) is 12.7. The van der Waals surface area contributed by atoms with E-state index < -0.39 is 17.4 Å². The van der Waals surface area contributed by atoms with E-state index in [-0.39, 0.29) is 11.2 Å². The smallest absolute Gasteiger partial charge is 0.329 e. The van der Waals surface area contributed by atoms with Gasteiger partial charge in [0.2, 0.25) is 5.82 Å². The summed E-state index contributed by atoms with van der Waals surface area (Å²) >= 11 is 0. The average molecular weight is 464 g/mol. The van der Waals surface area contributed by atoms with E-state index in [1.54, 1.807) is 4.52 Å². The molecule has 2 fully saturated rings. The molecular formula is C26H33N5O3. The highest BCUT2D eigenvalue weighted by atomic mass is 16.4. The van der Waals surface area contributed by atoms with Crippen LogP contribution in [0.3, 0.4) is 0 Å². The normalized spacial score (nSPS) is 20.6. The van der Waals surface area contributed by atoms with Crippen molar-refractivity contribution in [1.29, 1.82) is 0 Å². The lowest BCUT2D eigenvalue weighted by Gasteiger charge is -2.26. The molecule has 3 heterocycles. The molecule has 0 unspecified atom stereocenters. The van der Waals surface area contributed by atoms with Gasteiger partial charge >= 0.3 is 5.97 Å². The van der Waals surface area contributed by atoms with E-state index in [0.29, 0.717) is 18.5 Å². The third kappa shape index (κ3) is 3.91. The first-order valence-corrected chi connectivity index (χ1v) is 11.9. The minimum atomic E-state index is -1.12. The Kier molecular flexibility index (Phi) is 6.10. The quantitative estimate of drug-likeness (QED) is 0.617. The molecule has 0 spiro atoms. The molecule has 1 aliphatic heterocycles. The fourth-order valence-corrected chi connectivity index (χ4v) is 4.81. The highest BCUT2D eigenvalue weighted by molar-refractivity contribution is 5.96. The maximum absolute atomic E-state index is 12.9. The van der Waals surface area contributed by atoms with Crippen molar-refractivity contribution >= 4 is 23.2 Å². The van der Waals surface area contributed by atoms with Gasteiger partial charge in [0, 0.05) is 25.6 Å². The number of aryl methyl sites for hydroxylation is 1. The number of likely N-dealkylation sites (N-methyl/N-ethyl adjacent to an activating group) is 1. The zero-order valence-electron chi connectivity index (χ0n) is 20.6. The average Bonchev–Trinajstić information content (AvgIpc) is 3.39. The van der Waals surface area contributed by atoms with E-state index >= 15 is 0 Å². The maximum Gasteiger partial charge on any atom is 0.329 e. The summed E-state index contributed by atoms with van der Waals surface area (Å²) < 4.78 is 1.64. The molecule has 1 aromatic carbocycles. The SMILES string of the molecule is CC.Cc1cc(N2CC[C@](C)(c3ccccc3)C2)cn2nc(C(=O)N(C)C3(C(=O)O)CC3)nc12. The summed E-state index contributed by atoms with van der Waals surface area (Å²) in [5, 5.41) is 13.9. The van der Waals surface area contributed by atoms with E-state index in [4.69, 9.17) is 0 Å². The largest absolute Gasteiger partial charge is 0.479 e. The number of hydrogen-bond acceptors (Lipinski definition) is 5. The summed E-state index contributed by atoms with van der Waals surface area (Å²) in [5.74, 6) is -1.42. The molecule has 1 aliphatic carbocycles. The molecule has 0 bridgehead atoms. The molecule has 1 saturated carbocycles.